The van der Waals surface area contributed by atoms with E-state index in [1.54, 1.807) is 0 Å². The monoisotopic (exact) mass is 347 g/mol. The van der Waals surface area contributed by atoms with Crippen molar-refractivity contribution in [3.05, 3.63) is 71.1 Å². The van der Waals surface area contributed by atoms with Crippen molar-refractivity contribution in [3.8, 4) is 11.3 Å². The summed E-state index contributed by atoms with van der Waals surface area (Å²) in [5.41, 5.74) is 3.70. The average Bonchev–Trinajstić information content (AvgIpc) is 3.04. The number of alkyl halides is 3. The highest BCUT2D eigenvalue weighted by Crippen LogP contribution is 2.31. The molecule has 0 aliphatic heterocycles. The van der Waals surface area contributed by atoms with Gasteiger partial charge in [-0.15, -0.1) is 11.3 Å². The second-order valence-corrected chi connectivity index (χ2v) is 5.72. The third-order valence-corrected chi connectivity index (χ3v) is 3.95. The molecule has 0 amide bonds. The highest BCUT2D eigenvalue weighted by Gasteiger charge is 2.32. The highest BCUT2D eigenvalue weighted by molar-refractivity contribution is 7.14. The Bertz CT molecular complexity index is 842. The summed E-state index contributed by atoms with van der Waals surface area (Å²) in [6.07, 6.45) is -3.27. The summed E-state index contributed by atoms with van der Waals surface area (Å²) in [6.45, 7) is 0. The Hall–Kier alpha value is -2.67. The zero-order chi connectivity index (χ0) is 17.0. The van der Waals surface area contributed by atoms with E-state index in [-0.39, 0.29) is 5.56 Å². The Morgan fingerprint density at radius 3 is 2.46 bits per heavy atom. The minimum Gasteiger partial charge on any atom is -0.253 e. The zero-order valence-corrected chi connectivity index (χ0v) is 13.1. The van der Waals surface area contributed by atoms with Gasteiger partial charge in [-0.1, -0.05) is 48.5 Å². The van der Waals surface area contributed by atoms with Crippen LogP contribution in [-0.4, -0.2) is 11.2 Å². The molecule has 24 heavy (non-hydrogen) atoms. The standard InChI is InChI=1S/C17H12F3N3S/c18-17(19,20)14-9-5-4-8-13(14)10-21-23-16-22-15(11-24-16)12-6-2-1-3-7-12/h1-11H,(H,22,23)/b21-10-. The van der Waals surface area contributed by atoms with Crippen molar-refractivity contribution in [1.82, 2.24) is 4.98 Å². The van der Waals surface area contributed by atoms with E-state index in [2.05, 4.69) is 15.5 Å². The number of hydrogen-bond donors (Lipinski definition) is 1. The van der Waals surface area contributed by atoms with Gasteiger partial charge in [-0.2, -0.15) is 18.3 Å². The van der Waals surface area contributed by atoms with E-state index >= 15 is 0 Å². The Kier molecular flexibility index (Phi) is 4.61. The molecule has 0 saturated heterocycles. The number of hydrogen-bond acceptors (Lipinski definition) is 4. The van der Waals surface area contributed by atoms with Gasteiger partial charge in [-0.25, -0.2) is 4.98 Å². The fourth-order valence-electron chi connectivity index (χ4n) is 2.09. The number of rotatable bonds is 4. The summed E-state index contributed by atoms with van der Waals surface area (Å²) in [5, 5.41) is 6.23. The van der Waals surface area contributed by atoms with Gasteiger partial charge in [0.1, 0.15) is 0 Å². The SMILES string of the molecule is FC(F)(F)c1ccccc1/C=N\Nc1nc(-c2ccccc2)cs1. The molecule has 0 spiro atoms. The average molecular weight is 347 g/mol. The summed E-state index contributed by atoms with van der Waals surface area (Å²) in [5.74, 6) is 0. The zero-order valence-electron chi connectivity index (χ0n) is 12.3. The van der Waals surface area contributed by atoms with Gasteiger partial charge in [-0.3, -0.25) is 5.43 Å². The van der Waals surface area contributed by atoms with Crippen LogP contribution in [0.4, 0.5) is 18.3 Å². The van der Waals surface area contributed by atoms with Crippen LogP contribution in [0.25, 0.3) is 11.3 Å². The van der Waals surface area contributed by atoms with Gasteiger partial charge in [0.2, 0.25) is 5.13 Å². The van der Waals surface area contributed by atoms with E-state index in [1.807, 2.05) is 35.7 Å². The Labute approximate surface area is 140 Å². The molecule has 1 heterocycles. The van der Waals surface area contributed by atoms with E-state index in [1.165, 1.54) is 29.5 Å². The molecule has 0 fully saturated rings. The van der Waals surface area contributed by atoms with Crippen molar-refractivity contribution in [2.45, 2.75) is 6.18 Å². The number of thiazole rings is 1. The van der Waals surface area contributed by atoms with Gasteiger partial charge in [-0.05, 0) is 6.07 Å². The van der Waals surface area contributed by atoms with Crippen LogP contribution in [0.3, 0.4) is 0 Å². The van der Waals surface area contributed by atoms with E-state index in [4.69, 9.17) is 0 Å². The molecular weight excluding hydrogens is 335 g/mol. The van der Waals surface area contributed by atoms with Crippen molar-refractivity contribution in [3.63, 3.8) is 0 Å². The number of halogens is 3. The number of nitrogens with zero attached hydrogens (tertiary/aromatic N) is 2. The summed E-state index contributed by atoms with van der Waals surface area (Å²) < 4.78 is 38.7. The fraction of sp³-hybridized carbons (Fsp3) is 0.0588. The van der Waals surface area contributed by atoms with Crippen LogP contribution < -0.4 is 5.43 Å². The molecule has 1 N–H and O–H groups in total. The van der Waals surface area contributed by atoms with Gasteiger partial charge in [0, 0.05) is 16.5 Å². The first-order valence-corrected chi connectivity index (χ1v) is 7.88. The minimum absolute atomic E-state index is 0.00246. The lowest BCUT2D eigenvalue weighted by Crippen LogP contribution is -2.08. The van der Waals surface area contributed by atoms with Gasteiger partial charge >= 0.3 is 6.18 Å². The molecule has 0 atom stereocenters. The van der Waals surface area contributed by atoms with Crippen molar-refractivity contribution < 1.29 is 13.2 Å². The lowest BCUT2D eigenvalue weighted by atomic mass is 10.1. The van der Waals surface area contributed by atoms with E-state index in [9.17, 15) is 13.2 Å². The molecule has 3 aromatic rings. The minimum atomic E-state index is -4.41. The number of aromatic nitrogens is 1. The van der Waals surface area contributed by atoms with Crippen molar-refractivity contribution in [2.75, 3.05) is 5.43 Å². The van der Waals surface area contributed by atoms with Crippen LogP contribution in [0.2, 0.25) is 0 Å². The van der Waals surface area contributed by atoms with Crippen molar-refractivity contribution in [2.24, 2.45) is 5.10 Å². The Balaban J connectivity index is 1.73. The molecule has 1 aromatic heterocycles. The molecule has 0 aliphatic carbocycles. The Morgan fingerprint density at radius 1 is 1.00 bits per heavy atom. The second kappa shape index (κ2) is 6.84. The number of anilines is 1. The number of nitrogens with one attached hydrogen (secondary N) is 1. The normalized spacial score (nSPS) is 11.8. The van der Waals surface area contributed by atoms with Crippen molar-refractivity contribution in [1.29, 1.82) is 0 Å². The first-order valence-electron chi connectivity index (χ1n) is 7.00. The summed E-state index contributed by atoms with van der Waals surface area (Å²) >= 11 is 1.33. The van der Waals surface area contributed by atoms with Crippen LogP contribution >= 0.6 is 11.3 Å². The molecular formula is C17H12F3N3S. The van der Waals surface area contributed by atoms with E-state index in [0.29, 0.717) is 5.13 Å². The molecule has 3 rings (SSSR count). The maximum absolute atomic E-state index is 12.9. The molecule has 0 unspecified atom stereocenters. The van der Waals surface area contributed by atoms with E-state index < -0.39 is 11.7 Å². The number of benzene rings is 2. The van der Waals surface area contributed by atoms with Gasteiger partial charge < -0.3 is 0 Å². The smallest absolute Gasteiger partial charge is 0.253 e. The fourth-order valence-corrected chi connectivity index (χ4v) is 2.76. The van der Waals surface area contributed by atoms with Gasteiger partial charge in [0.15, 0.2) is 0 Å². The number of hydrazone groups is 1. The molecule has 122 valence electrons. The summed E-state index contributed by atoms with van der Waals surface area (Å²) in [7, 11) is 0. The molecule has 3 nitrogen and oxygen atoms in total. The van der Waals surface area contributed by atoms with Gasteiger partial charge in [0.05, 0.1) is 17.5 Å². The van der Waals surface area contributed by atoms with Gasteiger partial charge in [0.25, 0.3) is 0 Å². The predicted molar refractivity (Wildman–Crippen MR) is 90.2 cm³/mol. The van der Waals surface area contributed by atoms with Crippen LogP contribution in [0.15, 0.2) is 65.1 Å². The quantitative estimate of drug-likeness (QED) is 0.515. The third-order valence-electron chi connectivity index (χ3n) is 3.20. The topological polar surface area (TPSA) is 37.3 Å². The highest BCUT2D eigenvalue weighted by atomic mass is 32.1. The lowest BCUT2D eigenvalue weighted by Gasteiger charge is -2.08. The molecule has 2 aromatic carbocycles. The summed E-state index contributed by atoms with van der Waals surface area (Å²) in [4.78, 5) is 4.35. The maximum Gasteiger partial charge on any atom is 0.417 e. The van der Waals surface area contributed by atoms with Crippen LogP contribution in [0.1, 0.15) is 11.1 Å². The lowest BCUT2D eigenvalue weighted by molar-refractivity contribution is -0.137. The summed E-state index contributed by atoms with van der Waals surface area (Å²) in [6, 6.07) is 14.9. The maximum atomic E-state index is 12.9. The molecule has 7 heteroatoms. The van der Waals surface area contributed by atoms with Crippen LogP contribution in [0, 0.1) is 0 Å². The first-order chi connectivity index (χ1) is 11.5. The molecule has 0 saturated carbocycles. The van der Waals surface area contributed by atoms with Crippen LogP contribution in [0.5, 0.6) is 0 Å². The third kappa shape index (κ3) is 3.80. The largest absolute Gasteiger partial charge is 0.417 e. The molecule has 0 bridgehead atoms. The Morgan fingerprint density at radius 2 is 1.71 bits per heavy atom. The molecule has 0 radical (unpaired) electrons. The molecule has 0 aliphatic rings. The van der Waals surface area contributed by atoms with Crippen molar-refractivity contribution >= 4 is 22.7 Å². The second-order valence-electron chi connectivity index (χ2n) is 4.86. The predicted octanol–water partition coefficient (Wildman–Crippen LogP) is 5.27. The van der Waals surface area contributed by atoms with Crippen LogP contribution in [-0.2, 0) is 6.18 Å². The van der Waals surface area contributed by atoms with E-state index in [0.717, 1.165) is 23.5 Å². The first kappa shape index (κ1) is 16.2.